The Morgan fingerprint density at radius 2 is 0.667 bits per heavy atom. The zero-order valence-corrected chi connectivity index (χ0v) is 45.7. The highest BCUT2D eigenvalue weighted by Gasteiger charge is 2.35. The predicted molar refractivity (Wildman–Crippen MR) is 291 cm³/mol. The Hall–Kier alpha value is -0.610. The minimum Gasteiger partial charge on any atom is -0.481 e. The lowest BCUT2D eigenvalue weighted by Crippen LogP contribution is -2.25. The SMILES string of the molecule is CCCCCCCCCCCCCCCCCC[C@@H](C)[C@H](CCCCCCCCCCCCCCCC[C@@H]1C[C@@H]1CCCCCCCCCCCCCCCCC[C@@H](O)[C@@H](C)C(=O)O)OC. The molecule has 0 amide bonds. The summed E-state index contributed by atoms with van der Waals surface area (Å²) in [5.74, 6) is 1.35. The first-order chi connectivity index (χ1) is 32.4. The van der Waals surface area contributed by atoms with E-state index in [0.29, 0.717) is 18.4 Å². The first-order valence-electron chi connectivity index (χ1n) is 30.8. The number of unbranched alkanes of at least 4 members (excludes halogenated alkanes) is 42. The number of methoxy groups -OCH3 is 1. The summed E-state index contributed by atoms with van der Waals surface area (Å²) >= 11 is 0. The van der Waals surface area contributed by atoms with Crippen LogP contribution in [0.25, 0.3) is 0 Å². The van der Waals surface area contributed by atoms with Gasteiger partial charge >= 0.3 is 5.97 Å². The molecule has 0 bridgehead atoms. The van der Waals surface area contributed by atoms with Crippen LogP contribution in [0.3, 0.4) is 0 Å². The highest BCUT2D eigenvalue weighted by Crippen LogP contribution is 2.45. The molecule has 394 valence electrons. The van der Waals surface area contributed by atoms with Crippen LogP contribution in [-0.2, 0) is 9.53 Å². The molecule has 0 spiro atoms. The van der Waals surface area contributed by atoms with Gasteiger partial charge in [0.05, 0.1) is 18.1 Å². The number of hydrogen-bond donors (Lipinski definition) is 2. The van der Waals surface area contributed by atoms with Gasteiger partial charge in [0.2, 0.25) is 0 Å². The fraction of sp³-hybridized carbons (Fsp3) is 0.984. The maximum Gasteiger partial charge on any atom is 0.308 e. The van der Waals surface area contributed by atoms with Crippen LogP contribution in [0.4, 0.5) is 0 Å². The van der Waals surface area contributed by atoms with Gasteiger partial charge in [-0.25, -0.2) is 0 Å². The summed E-state index contributed by atoms with van der Waals surface area (Å²) < 4.78 is 5.97. The van der Waals surface area contributed by atoms with Crippen molar-refractivity contribution >= 4 is 5.97 Å². The summed E-state index contributed by atoms with van der Waals surface area (Å²) in [6.07, 6.45) is 71.3. The quantitative estimate of drug-likeness (QED) is 0.0597. The van der Waals surface area contributed by atoms with E-state index >= 15 is 0 Å². The van der Waals surface area contributed by atoms with Gasteiger partial charge in [0, 0.05) is 7.11 Å². The first kappa shape index (κ1) is 63.4. The Morgan fingerprint density at radius 3 is 0.955 bits per heavy atom. The molecule has 1 saturated carbocycles. The van der Waals surface area contributed by atoms with Crippen molar-refractivity contribution in [3.63, 3.8) is 0 Å². The summed E-state index contributed by atoms with van der Waals surface area (Å²) in [6, 6.07) is 0. The van der Waals surface area contributed by atoms with E-state index in [1.54, 1.807) is 13.3 Å². The van der Waals surface area contributed by atoms with E-state index in [9.17, 15) is 9.90 Å². The zero-order valence-electron chi connectivity index (χ0n) is 45.7. The van der Waals surface area contributed by atoms with Crippen LogP contribution in [0.15, 0.2) is 0 Å². The highest BCUT2D eigenvalue weighted by molar-refractivity contribution is 5.70. The van der Waals surface area contributed by atoms with Crippen molar-refractivity contribution in [3.05, 3.63) is 0 Å². The Morgan fingerprint density at radius 1 is 0.409 bits per heavy atom. The Labute approximate surface area is 415 Å². The second-order valence-electron chi connectivity index (χ2n) is 22.7. The molecule has 0 unspecified atom stereocenters. The number of carbonyl (C=O) groups is 1. The fourth-order valence-electron chi connectivity index (χ4n) is 11.2. The van der Waals surface area contributed by atoms with E-state index in [4.69, 9.17) is 9.84 Å². The monoisotopic (exact) mass is 931 g/mol. The molecule has 1 fully saturated rings. The van der Waals surface area contributed by atoms with E-state index in [2.05, 4.69) is 13.8 Å². The van der Waals surface area contributed by atoms with Gasteiger partial charge in [0.15, 0.2) is 0 Å². The number of aliphatic hydroxyl groups is 1. The van der Waals surface area contributed by atoms with Crippen LogP contribution in [0, 0.1) is 23.7 Å². The molecule has 1 aliphatic carbocycles. The Balaban J connectivity index is 1.73. The summed E-state index contributed by atoms with van der Waals surface area (Å²) in [4.78, 5) is 10.9. The van der Waals surface area contributed by atoms with Crippen LogP contribution in [0.5, 0.6) is 0 Å². The highest BCUT2D eigenvalue weighted by atomic mass is 16.5. The van der Waals surface area contributed by atoms with Crippen LogP contribution >= 0.6 is 0 Å². The third-order valence-electron chi connectivity index (χ3n) is 16.4. The minimum atomic E-state index is -0.893. The van der Waals surface area contributed by atoms with Crippen molar-refractivity contribution in [1.29, 1.82) is 0 Å². The molecular weight excluding hydrogens is 809 g/mol. The average molecular weight is 932 g/mol. The van der Waals surface area contributed by atoms with E-state index in [1.807, 2.05) is 7.11 Å². The van der Waals surface area contributed by atoms with E-state index in [0.717, 1.165) is 24.7 Å². The summed E-state index contributed by atoms with van der Waals surface area (Å²) in [6.45, 7) is 6.35. The van der Waals surface area contributed by atoms with Crippen molar-refractivity contribution < 1.29 is 19.7 Å². The zero-order chi connectivity index (χ0) is 47.8. The summed E-state index contributed by atoms with van der Waals surface area (Å²) in [5, 5.41) is 18.9. The maximum absolute atomic E-state index is 10.9. The lowest BCUT2D eigenvalue weighted by Gasteiger charge is -2.22. The Bertz CT molecular complexity index is 967. The molecule has 1 aliphatic rings. The molecule has 2 N–H and O–H groups in total. The van der Waals surface area contributed by atoms with Crippen molar-refractivity contribution in [2.45, 2.75) is 360 Å². The lowest BCUT2D eigenvalue weighted by atomic mass is 9.93. The molecule has 0 aromatic heterocycles. The third-order valence-corrected chi connectivity index (χ3v) is 16.4. The minimum absolute atomic E-state index is 0.472. The van der Waals surface area contributed by atoms with Crippen LogP contribution in [0.1, 0.15) is 348 Å². The van der Waals surface area contributed by atoms with Crippen molar-refractivity contribution in [3.8, 4) is 0 Å². The topological polar surface area (TPSA) is 66.8 Å². The molecular formula is C62H122O4. The molecule has 0 aliphatic heterocycles. The van der Waals surface area contributed by atoms with E-state index in [-0.39, 0.29) is 0 Å². The Kier molecular flexibility index (Phi) is 47.4. The molecule has 0 radical (unpaired) electrons. The van der Waals surface area contributed by atoms with Crippen molar-refractivity contribution in [2.75, 3.05) is 7.11 Å². The standard InChI is InChI=1S/C62H122O4/c1-5-6-7-8-9-10-11-12-13-15-20-25-30-35-40-45-50-56(2)61(66-4)54-49-44-39-34-29-24-19-18-22-27-32-37-42-47-52-59-55-58(59)51-46-41-36-31-26-21-16-14-17-23-28-33-38-43-48-53-60(63)57(3)62(64)65/h56-61,63H,5-55H2,1-4H3,(H,64,65)/t56-,57-,58+,59-,60-,61+/m1/s1. The second kappa shape index (κ2) is 49.4. The van der Waals surface area contributed by atoms with Gasteiger partial charge in [-0.1, -0.05) is 316 Å². The van der Waals surface area contributed by atoms with Gasteiger partial charge in [0.25, 0.3) is 0 Å². The molecule has 6 atom stereocenters. The normalized spacial score (nSPS) is 16.7. The molecule has 66 heavy (non-hydrogen) atoms. The molecule has 0 heterocycles. The maximum atomic E-state index is 10.9. The van der Waals surface area contributed by atoms with Crippen LogP contribution in [-0.4, -0.2) is 35.5 Å². The molecule has 0 aromatic rings. The molecule has 4 heteroatoms. The number of carboxylic acid groups (broad SMARTS) is 1. The van der Waals surface area contributed by atoms with Crippen LogP contribution < -0.4 is 0 Å². The summed E-state index contributed by atoms with van der Waals surface area (Å²) in [5.41, 5.74) is 0. The average Bonchev–Trinajstić information content (AvgIpc) is 4.07. The lowest BCUT2D eigenvalue weighted by molar-refractivity contribution is -0.145. The van der Waals surface area contributed by atoms with E-state index < -0.39 is 18.0 Å². The molecule has 1 rings (SSSR count). The third kappa shape index (κ3) is 42.3. The smallest absolute Gasteiger partial charge is 0.308 e. The van der Waals surface area contributed by atoms with Gasteiger partial charge in [-0.15, -0.1) is 0 Å². The second-order valence-corrected chi connectivity index (χ2v) is 22.7. The van der Waals surface area contributed by atoms with Gasteiger partial charge in [-0.3, -0.25) is 4.79 Å². The molecule has 4 nitrogen and oxygen atoms in total. The number of hydrogen-bond acceptors (Lipinski definition) is 3. The van der Waals surface area contributed by atoms with Crippen molar-refractivity contribution in [2.24, 2.45) is 23.7 Å². The fourth-order valence-corrected chi connectivity index (χ4v) is 11.2. The number of aliphatic carboxylic acids is 1. The number of rotatable bonds is 56. The number of carboxylic acids is 1. The summed E-state index contributed by atoms with van der Waals surface area (Å²) in [7, 11) is 1.95. The molecule has 0 aromatic carbocycles. The van der Waals surface area contributed by atoms with Gasteiger partial charge < -0.3 is 14.9 Å². The predicted octanol–water partition coefficient (Wildman–Crippen LogP) is 20.9. The van der Waals surface area contributed by atoms with Crippen molar-refractivity contribution in [1.82, 2.24) is 0 Å². The first-order valence-corrected chi connectivity index (χ1v) is 30.8. The van der Waals surface area contributed by atoms with Crippen LogP contribution in [0.2, 0.25) is 0 Å². The van der Waals surface area contributed by atoms with Gasteiger partial charge in [-0.05, 0) is 50.4 Å². The number of aliphatic hydroxyl groups excluding tert-OH is 1. The largest absolute Gasteiger partial charge is 0.481 e. The number of ether oxygens (including phenoxy) is 1. The van der Waals surface area contributed by atoms with E-state index in [1.165, 1.54) is 302 Å². The molecule has 0 saturated heterocycles. The van der Waals surface area contributed by atoms with Gasteiger partial charge in [0.1, 0.15) is 0 Å². The van der Waals surface area contributed by atoms with Gasteiger partial charge in [-0.2, -0.15) is 0 Å².